The first kappa shape index (κ1) is 19.0. The Hall–Kier alpha value is -2.78. The van der Waals surface area contributed by atoms with Crippen LogP contribution in [-0.2, 0) is 12.6 Å². The Balaban J connectivity index is 2.15. The first-order valence-electron chi connectivity index (χ1n) is 8.10. The number of benzene rings is 1. The normalized spacial score (nSPS) is 13.5. The standard InChI is InChI=1S/C17H15F5N4O/c1-3-11-23-15-12(16(27)24-11)13(14(18)19)25-26(15)8(2)9-4-6-10(7-5-9)17(20,21)22/h4-8,14H,3H2,1-2H3,(H,23,24,27). The Morgan fingerprint density at radius 1 is 1.19 bits per heavy atom. The van der Waals surface area contributed by atoms with Gasteiger partial charge in [0.2, 0.25) is 0 Å². The molecule has 0 radical (unpaired) electrons. The van der Waals surface area contributed by atoms with Crippen molar-refractivity contribution >= 4 is 11.0 Å². The first-order chi connectivity index (χ1) is 12.6. The van der Waals surface area contributed by atoms with Crippen LogP contribution in [0, 0.1) is 0 Å². The van der Waals surface area contributed by atoms with Crippen molar-refractivity contribution in [3.63, 3.8) is 0 Å². The van der Waals surface area contributed by atoms with Crippen LogP contribution in [0.4, 0.5) is 22.0 Å². The second-order valence-corrected chi connectivity index (χ2v) is 5.99. The molecule has 0 aliphatic heterocycles. The van der Waals surface area contributed by atoms with Crippen LogP contribution in [0.5, 0.6) is 0 Å². The van der Waals surface area contributed by atoms with Crippen LogP contribution < -0.4 is 5.56 Å². The molecule has 0 aliphatic rings. The molecule has 144 valence electrons. The summed E-state index contributed by atoms with van der Waals surface area (Å²) in [6.07, 6.45) is -7.10. The van der Waals surface area contributed by atoms with Gasteiger partial charge in [-0.15, -0.1) is 0 Å². The lowest BCUT2D eigenvalue weighted by Gasteiger charge is -2.15. The summed E-state index contributed by atoms with van der Waals surface area (Å²) in [6.45, 7) is 3.32. The molecular formula is C17H15F5N4O. The average Bonchev–Trinajstić information content (AvgIpc) is 3.00. The van der Waals surface area contributed by atoms with Crippen molar-refractivity contribution in [2.24, 2.45) is 0 Å². The molecule has 1 atom stereocenters. The number of nitrogens with zero attached hydrogens (tertiary/aromatic N) is 3. The summed E-state index contributed by atoms with van der Waals surface area (Å²) in [6, 6.07) is 3.60. The van der Waals surface area contributed by atoms with E-state index < -0.39 is 35.5 Å². The summed E-state index contributed by atoms with van der Waals surface area (Å²) in [5.74, 6) is 0.300. The number of fused-ring (bicyclic) bond motifs is 1. The molecular weight excluding hydrogens is 371 g/mol. The van der Waals surface area contributed by atoms with Crippen molar-refractivity contribution in [2.75, 3.05) is 0 Å². The molecule has 27 heavy (non-hydrogen) atoms. The Labute approximate surface area is 149 Å². The minimum Gasteiger partial charge on any atom is -0.310 e. The van der Waals surface area contributed by atoms with Crippen molar-refractivity contribution < 1.29 is 22.0 Å². The maximum Gasteiger partial charge on any atom is 0.416 e. The molecule has 3 rings (SSSR count). The molecule has 1 N–H and O–H groups in total. The number of halogens is 5. The number of rotatable bonds is 4. The maximum atomic E-state index is 13.3. The minimum atomic E-state index is -4.48. The smallest absolute Gasteiger partial charge is 0.310 e. The average molecular weight is 386 g/mol. The Kier molecular flexibility index (Phi) is 4.75. The van der Waals surface area contributed by atoms with Crippen molar-refractivity contribution in [1.82, 2.24) is 19.7 Å². The number of nitrogens with one attached hydrogen (secondary N) is 1. The van der Waals surface area contributed by atoms with E-state index in [1.54, 1.807) is 13.8 Å². The second-order valence-electron chi connectivity index (χ2n) is 5.99. The highest BCUT2D eigenvalue weighted by molar-refractivity contribution is 5.77. The summed E-state index contributed by atoms with van der Waals surface area (Å²) in [5, 5.41) is 3.52. The molecule has 5 nitrogen and oxygen atoms in total. The fourth-order valence-electron chi connectivity index (χ4n) is 2.80. The molecule has 0 saturated heterocycles. The van der Waals surface area contributed by atoms with E-state index >= 15 is 0 Å². The summed E-state index contributed by atoms with van der Waals surface area (Å²) in [5.41, 5.74) is -1.87. The molecule has 1 aromatic carbocycles. The number of aryl methyl sites for hydroxylation is 1. The number of hydrogen-bond acceptors (Lipinski definition) is 3. The highest BCUT2D eigenvalue weighted by Gasteiger charge is 2.30. The van der Waals surface area contributed by atoms with Crippen molar-refractivity contribution in [2.45, 2.75) is 38.9 Å². The predicted molar refractivity (Wildman–Crippen MR) is 87.7 cm³/mol. The van der Waals surface area contributed by atoms with Crippen LogP contribution in [0.1, 0.15) is 49.0 Å². The van der Waals surface area contributed by atoms with Gasteiger partial charge in [0.15, 0.2) is 5.65 Å². The van der Waals surface area contributed by atoms with E-state index in [-0.39, 0.29) is 11.0 Å². The molecule has 0 amide bonds. The topological polar surface area (TPSA) is 63.6 Å². The molecule has 3 aromatic rings. The molecule has 0 aliphatic carbocycles. The minimum absolute atomic E-state index is 0.0294. The van der Waals surface area contributed by atoms with Gasteiger partial charge in [0.25, 0.3) is 12.0 Å². The monoisotopic (exact) mass is 386 g/mol. The van der Waals surface area contributed by atoms with Gasteiger partial charge < -0.3 is 4.98 Å². The lowest BCUT2D eigenvalue weighted by molar-refractivity contribution is -0.137. The Bertz CT molecular complexity index is 1020. The first-order valence-corrected chi connectivity index (χ1v) is 8.10. The summed E-state index contributed by atoms with van der Waals surface area (Å²) in [4.78, 5) is 18.8. The second kappa shape index (κ2) is 6.75. The third-order valence-corrected chi connectivity index (χ3v) is 4.27. The molecule has 0 fully saturated rings. The summed E-state index contributed by atoms with van der Waals surface area (Å²) >= 11 is 0. The van der Waals surface area contributed by atoms with E-state index in [1.807, 2.05) is 0 Å². The van der Waals surface area contributed by atoms with E-state index in [0.29, 0.717) is 17.8 Å². The Morgan fingerprint density at radius 2 is 1.81 bits per heavy atom. The zero-order chi connectivity index (χ0) is 19.9. The third kappa shape index (κ3) is 3.43. The van der Waals surface area contributed by atoms with Crippen LogP contribution in [0.3, 0.4) is 0 Å². The van der Waals surface area contributed by atoms with Crippen molar-refractivity contribution in [1.29, 1.82) is 0 Å². The van der Waals surface area contributed by atoms with Gasteiger partial charge in [-0.05, 0) is 24.6 Å². The van der Waals surface area contributed by atoms with Crippen LogP contribution in [0.2, 0.25) is 0 Å². The highest BCUT2D eigenvalue weighted by atomic mass is 19.4. The van der Waals surface area contributed by atoms with E-state index in [4.69, 9.17) is 0 Å². The van der Waals surface area contributed by atoms with Gasteiger partial charge in [-0.25, -0.2) is 18.4 Å². The largest absolute Gasteiger partial charge is 0.416 e. The zero-order valence-electron chi connectivity index (χ0n) is 14.3. The van der Waals surface area contributed by atoms with Crippen LogP contribution in [0.25, 0.3) is 11.0 Å². The molecule has 2 heterocycles. The van der Waals surface area contributed by atoms with Crippen molar-refractivity contribution in [3.8, 4) is 0 Å². The number of hydrogen-bond donors (Lipinski definition) is 1. The molecule has 1 unspecified atom stereocenters. The lowest BCUT2D eigenvalue weighted by atomic mass is 10.1. The highest BCUT2D eigenvalue weighted by Crippen LogP contribution is 2.32. The molecule has 0 saturated carbocycles. The van der Waals surface area contributed by atoms with Gasteiger partial charge >= 0.3 is 6.18 Å². The number of aromatic amines is 1. The van der Waals surface area contributed by atoms with Gasteiger partial charge in [-0.3, -0.25) is 4.79 Å². The van der Waals surface area contributed by atoms with Gasteiger partial charge in [0.1, 0.15) is 16.9 Å². The van der Waals surface area contributed by atoms with Gasteiger partial charge in [-0.1, -0.05) is 19.1 Å². The maximum absolute atomic E-state index is 13.3. The molecule has 0 spiro atoms. The lowest BCUT2D eigenvalue weighted by Crippen LogP contribution is -2.14. The van der Waals surface area contributed by atoms with E-state index in [1.165, 1.54) is 12.1 Å². The predicted octanol–water partition coefficient (Wildman–Crippen LogP) is 4.25. The zero-order valence-corrected chi connectivity index (χ0v) is 14.3. The van der Waals surface area contributed by atoms with Gasteiger partial charge in [0, 0.05) is 6.42 Å². The molecule has 0 bridgehead atoms. The van der Waals surface area contributed by atoms with E-state index in [9.17, 15) is 26.7 Å². The van der Waals surface area contributed by atoms with Crippen LogP contribution in [-0.4, -0.2) is 19.7 Å². The van der Waals surface area contributed by atoms with Crippen molar-refractivity contribution in [3.05, 3.63) is 57.3 Å². The van der Waals surface area contributed by atoms with E-state index in [2.05, 4.69) is 15.1 Å². The quantitative estimate of drug-likeness (QED) is 0.682. The number of aromatic nitrogens is 4. The van der Waals surface area contributed by atoms with Gasteiger partial charge in [0.05, 0.1) is 11.6 Å². The van der Waals surface area contributed by atoms with E-state index in [0.717, 1.165) is 16.8 Å². The van der Waals surface area contributed by atoms with Gasteiger partial charge in [-0.2, -0.15) is 18.3 Å². The number of alkyl halides is 5. The summed E-state index contributed by atoms with van der Waals surface area (Å²) < 4.78 is 66.0. The fraction of sp³-hybridized carbons (Fsp3) is 0.353. The van der Waals surface area contributed by atoms with Crippen LogP contribution >= 0.6 is 0 Å². The molecule has 2 aromatic heterocycles. The SMILES string of the molecule is CCc1nc2c(c(C(F)F)nn2C(C)c2ccc(C(F)(F)F)cc2)c(=O)[nH]1. The fourth-order valence-corrected chi connectivity index (χ4v) is 2.80. The van der Waals surface area contributed by atoms with Crippen LogP contribution in [0.15, 0.2) is 29.1 Å². The Morgan fingerprint density at radius 3 is 2.33 bits per heavy atom. The third-order valence-electron chi connectivity index (χ3n) is 4.27. The number of H-pyrrole nitrogens is 1. The molecule has 10 heteroatoms. The summed E-state index contributed by atoms with van der Waals surface area (Å²) in [7, 11) is 0.